The molecule has 0 bridgehead atoms. The Morgan fingerprint density at radius 1 is 1.17 bits per heavy atom. The second-order valence-corrected chi connectivity index (χ2v) is 8.37. The van der Waals surface area contributed by atoms with Crippen molar-refractivity contribution in [1.29, 1.82) is 0 Å². The van der Waals surface area contributed by atoms with E-state index in [-0.39, 0.29) is 17.0 Å². The maximum absolute atomic E-state index is 12.1. The predicted molar refractivity (Wildman–Crippen MR) is 120 cm³/mol. The number of rotatable bonds is 6. The number of nitrogens with one attached hydrogen (secondary N) is 1. The van der Waals surface area contributed by atoms with Crippen molar-refractivity contribution < 1.29 is 14.8 Å². The van der Waals surface area contributed by atoms with Crippen LogP contribution in [0.2, 0.25) is 5.02 Å². The standard InChI is InChI=1S/C20H13BrClN3O4S/c21-13-2-7-18(26)16(10-13)20(27)24-23-11-12-1-8-19(17(9-12)25(28)29)30-15-5-3-14(22)4-6-15/h1-11,26H,(H,24,27)/b23-11-. The van der Waals surface area contributed by atoms with Gasteiger partial charge in [0.2, 0.25) is 0 Å². The molecule has 7 nitrogen and oxygen atoms in total. The molecule has 0 radical (unpaired) electrons. The predicted octanol–water partition coefficient (Wildman–Crippen LogP) is 5.63. The van der Waals surface area contributed by atoms with Crippen LogP contribution < -0.4 is 5.43 Å². The number of hydrogen-bond donors (Lipinski definition) is 2. The molecule has 0 aliphatic carbocycles. The van der Waals surface area contributed by atoms with Gasteiger partial charge in [-0.05, 0) is 48.5 Å². The number of phenols is 1. The zero-order valence-corrected chi connectivity index (χ0v) is 18.2. The molecule has 0 heterocycles. The summed E-state index contributed by atoms with van der Waals surface area (Å²) in [5, 5.41) is 25.6. The van der Waals surface area contributed by atoms with Gasteiger partial charge >= 0.3 is 0 Å². The number of hydrazone groups is 1. The minimum atomic E-state index is -0.616. The van der Waals surface area contributed by atoms with E-state index in [2.05, 4.69) is 26.5 Å². The minimum absolute atomic E-state index is 0.0437. The van der Waals surface area contributed by atoms with Crippen LogP contribution in [0.25, 0.3) is 0 Å². The highest BCUT2D eigenvalue weighted by atomic mass is 79.9. The number of nitro groups is 1. The number of nitrogens with zero attached hydrogens (tertiary/aromatic N) is 2. The monoisotopic (exact) mass is 505 g/mol. The van der Waals surface area contributed by atoms with E-state index in [1.807, 2.05) is 0 Å². The van der Waals surface area contributed by atoms with Crippen molar-refractivity contribution >= 4 is 57.1 Å². The first-order chi connectivity index (χ1) is 14.3. The Labute approximate surface area is 189 Å². The molecule has 0 saturated heterocycles. The maximum Gasteiger partial charge on any atom is 0.283 e. The van der Waals surface area contributed by atoms with Crippen LogP contribution in [0.5, 0.6) is 5.75 Å². The Bertz CT molecular complexity index is 1140. The first-order valence-electron chi connectivity index (χ1n) is 8.37. The van der Waals surface area contributed by atoms with Gasteiger partial charge in [-0.1, -0.05) is 45.4 Å². The van der Waals surface area contributed by atoms with E-state index in [0.29, 0.717) is 20.0 Å². The maximum atomic E-state index is 12.1. The zero-order chi connectivity index (χ0) is 21.7. The number of carbonyl (C=O) groups is 1. The third-order valence-electron chi connectivity index (χ3n) is 3.80. The largest absolute Gasteiger partial charge is 0.507 e. The van der Waals surface area contributed by atoms with Crippen LogP contribution in [-0.4, -0.2) is 22.2 Å². The summed E-state index contributed by atoms with van der Waals surface area (Å²) in [6, 6.07) is 16.0. The SMILES string of the molecule is O=C(N/N=C\c1ccc(Sc2ccc(Cl)cc2)c([N+](=O)[O-])c1)c1cc(Br)ccc1O. The molecule has 0 fully saturated rings. The Hall–Kier alpha value is -2.88. The van der Waals surface area contributed by atoms with Gasteiger partial charge in [-0.15, -0.1) is 0 Å². The van der Waals surface area contributed by atoms with Crippen molar-refractivity contribution in [3.8, 4) is 5.75 Å². The van der Waals surface area contributed by atoms with Gasteiger partial charge in [0.25, 0.3) is 11.6 Å². The Morgan fingerprint density at radius 3 is 2.60 bits per heavy atom. The zero-order valence-electron chi connectivity index (χ0n) is 15.1. The van der Waals surface area contributed by atoms with Crippen LogP contribution in [0.3, 0.4) is 0 Å². The average molecular weight is 507 g/mol. The number of benzene rings is 3. The molecule has 30 heavy (non-hydrogen) atoms. The van der Waals surface area contributed by atoms with E-state index >= 15 is 0 Å². The fraction of sp³-hybridized carbons (Fsp3) is 0. The van der Waals surface area contributed by atoms with Crippen molar-refractivity contribution in [2.75, 3.05) is 0 Å². The fourth-order valence-corrected chi connectivity index (χ4v) is 3.78. The molecule has 0 saturated carbocycles. The summed E-state index contributed by atoms with van der Waals surface area (Å²) in [5.41, 5.74) is 2.67. The lowest BCUT2D eigenvalue weighted by atomic mass is 10.2. The average Bonchev–Trinajstić information content (AvgIpc) is 2.72. The number of hydrogen-bond acceptors (Lipinski definition) is 6. The number of halogens is 2. The van der Waals surface area contributed by atoms with E-state index in [1.54, 1.807) is 42.5 Å². The Kier molecular flexibility index (Phi) is 7.09. The fourth-order valence-electron chi connectivity index (χ4n) is 2.39. The smallest absolute Gasteiger partial charge is 0.283 e. The molecule has 152 valence electrons. The first-order valence-corrected chi connectivity index (χ1v) is 10.4. The summed E-state index contributed by atoms with van der Waals surface area (Å²) < 4.78 is 0.624. The van der Waals surface area contributed by atoms with Gasteiger partial charge in [0, 0.05) is 26.0 Å². The van der Waals surface area contributed by atoms with Gasteiger partial charge in [0.15, 0.2) is 0 Å². The van der Waals surface area contributed by atoms with Crippen LogP contribution in [0, 0.1) is 10.1 Å². The van der Waals surface area contributed by atoms with E-state index in [4.69, 9.17) is 11.6 Å². The molecule has 3 rings (SSSR count). The number of amides is 1. The molecule has 0 unspecified atom stereocenters. The summed E-state index contributed by atoms with van der Waals surface area (Å²) in [6.07, 6.45) is 1.29. The van der Waals surface area contributed by atoms with Crippen LogP contribution in [0.4, 0.5) is 5.69 Å². The topological polar surface area (TPSA) is 105 Å². The molecule has 3 aromatic rings. The number of nitro benzene ring substituents is 1. The molecular formula is C20H13BrClN3O4S. The lowest BCUT2D eigenvalue weighted by Crippen LogP contribution is -2.17. The molecule has 3 aromatic carbocycles. The van der Waals surface area contributed by atoms with Crippen LogP contribution >= 0.6 is 39.3 Å². The lowest BCUT2D eigenvalue weighted by molar-refractivity contribution is -0.387. The van der Waals surface area contributed by atoms with Crippen molar-refractivity contribution in [3.05, 3.63) is 91.4 Å². The highest BCUT2D eigenvalue weighted by Crippen LogP contribution is 2.35. The summed E-state index contributed by atoms with van der Waals surface area (Å²) >= 11 is 10.3. The molecule has 0 aliphatic heterocycles. The molecule has 1 amide bonds. The molecule has 0 atom stereocenters. The van der Waals surface area contributed by atoms with E-state index < -0.39 is 10.8 Å². The van der Waals surface area contributed by atoms with Crippen LogP contribution in [0.1, 0.15) is 15.9 Å². The third-order valence-corrected chi connectivity index (χ3v) is 5.62. The quantitative estimate of drug-likeness (QED) is 0.256. The van der Waals surface area contributed by atoms with E-state index in [0.717, 1.165) is 4.90 Å². The number of aromatic hydroxyl groups is 1. The molecule has 0 aliphatic rings. The lowest BCUT2D eigenvalue weighted by Gasteiger charge is -2.05. The van der Waals surface area contributed by atoms with Gasteiger partial charge in [-0.25, -0.2) is 5.43 Å². The second kappa shape index (κ2) is 9.75. The van der Waals surface area contributed by atoms with Crippen molar-refractivity contribution in [1.82, 2.24) is 5.43 Å². The first kappa shape index (κ1) is 21.8. The van der Waals surface area contributed by atoms with Gasteiger partial charge in [-0.3, -0.25) is 14.9 Å². The van der Waals surface area contributed by atoms with Crippen LogP contribution in [-0.2, 0) is 0 Å². The minimum Gasteiger partial charge on any atom is -0.507 e. The molecule has 0 aromatic heterocycles. The molecular weight excluding hydrogens is 494 g/mol. The van der Waals surface area contributed by atoms with Crippen LogP contribution in [0.15, 0.2) is 80.0 Å². The summed E-state index contributed by atoms with van der Waals surface area (Å²) in [7, 11) is 0. The highest BCUT2D eigenvalue weighted by Gasteiger charge is 2.16. The van der Waals surface area contributed by atoms with E-state index in [9.17, 15) is 20.0 Å². The van der Waals surface area contributed by atoms with Gasteiger partial charge in [-0.2, -0.15) is 5.10 Å². The highest BCUT2D eigenvalue weighted by molar-refractivity contribution is 9.10. The summed E-state index contributed by atoms with van der Waals surface area (Å²) in [6.45, 7) is 0. The molecule has 2 N–H and O–H groups in total. The third kappa shape index (κ3) is 5.59. The number of carbonyl (C=O) groups excluding carboxylic acids is 1. The van der Waals surface area contributed by atoms with Crippen molar-refractivity contribution in [3.63, 3.8) is 0 Å². The normalized spacial score (nSPS) is 10.9. The summed E-state index contributed by atoms with van der Waals surface area (Å²) in [5.74, 6) is -0.806. The van der Waals surface area contributed by atoms with Gasteiger partial charge in [0.05, 0.1) is 21.6 Å². The van der Waals surface area contributed by atoms with Gasteiger partial charge in [0.1, 0.15) is 5.75 Å². The molecule has 10 heteroatoms. The molecule has 0 spiro atoms. The van der Waals surface area contributed by atoms with Crippen molar-refractivity contribution in [2.24, 2.45) is 5.10 Å². The summed E-state index contributed by atoms with van der Waals surface area (Å²) in [4.78, 5) is 24.4. The Balaban J connectivity index is 1.75. The Morgan fingerprint density at radius 2 is 1.90 bits per heavy atom. The number of phenolic OH excluding ortho intramolecular Hbond substituents is 1. The van der Waals surface area contributed by atoms with Gasteiger partial charge < -0.3 is 5.11 Å². The van der Waals surface area contributed by atoms with E-state index in [1.165, 1.54) is 36.2 Å². The van der Waals surface area contributed by atoms with Crippen molar-refractivity contribution in [2.45, 2.75) is 9.79 Å². The second-order valence-electron chi connectivity index (χ2n) is 5.90.